The normalized spacial score (nSPS) is 15.0. The molecule has 6 heteroatoms. The quantitative estimate of drug-likeness (QED) is 0.794. The summed E-state index contributed by atoms with van der Waals surface area (Å²) in [5.74, 6) is 1.92. The van der Waals surface area contributed by atoms with Gasteiger partial charge in [0.15, 0.2) is 11.5 Å². The Morgan fingerprint density at radius 3 is 3.00 bits per heavy atom. The molecule has 1 atom stereocenters. The van der Waals surface area contributed by atoms with Crippen LogP contribution in [0.3, 0.4) is 0 Å². The van der Waals surface area contributed by atoms with Gasteiger partial charge in [-0.05, 0) is 35.9 Å². The average Bonchev–Trinajstić information content (AvgIpc) is 3.07. The highest BCUT2D eigenvalue weighted by Gasteiger charge is 2.19. The van der Waals surface area contributed by atoms with Crippen molar-refractivity contribution in [3.8, 4) is 11.5 Å². The van der Waals surface area contributed by atoms with Crippen molar-refractivity contribution in [1.29, 1.82) is 0 Å². The number of hydrogen-bond acceptors (Lipinski definition) is 5. The predicted molar refractivity (Wildman–Crippen MR) is 88.0 cm³/mol. The number of aliphatic hydroxyl groups excluding tert-OH is 1. The van der Waals surface area contributed by atoms with Crippen molar-refractivity contribution in [2.75, 3.05) is 26.3 Å². The van der Waals surface area contributed by atoms with Gasteiger partial charge in [0, 0.05) is 13.1 Å². The van der Waals surface area contributed by atoms with Gasteiger partial charge in [0.25, 0.3) is 0 Å². The molecule has 1 aliphatic heterocycles. The zero-order valence-corrected chi connectivity index (χ0v) is 13.3. The van der Waals surface area contributed by atoms with E-state index in [2.05, 4.69) is 5.32 Å². The van der Waals surface area contributed by atoms with Gasteiger partial charge in [-0.1, -0.05) is 17.7 Å². The maximum atomic E-state index is 10.3. The molecule has 122 valence electrons. The summed E-state index contributed by atoms with van der Waals surface area (Å²) in [6.07, 6.45) is 4.76. The maximum Gasteiger partial charge on any atom is 0.179 e. The molecule has 0 saturated carbocycles. The van der Waals surface area contributed by atoms with Crippen LogP contribution in [0, 0.1) is 0 Å². The molecule has 0 radical (unpaired) electrons. The third-order valence-corrected chi connectivity index (χ3v) is 3.71. The minimum atomic E-state index is -0.680. The minimum absolute atomic E-state index is 0.401. The molecule has 2 heterocycles. The summed E-state index contributed by atoms with van der Waals surface area (Å²) in [6, 6.07) is 7.19. The molecule has 3 rings (SSSR count). The number of halogens is 1. The van der Waals surface area contributed by atoms with E-state index in [1.54, 1.807) is 18.4 Å². The van der Waals surface area contributed by atoms with E-state index < -0.39 is 6.10 Å². The van der Waals surface area contributed by atoms with Crippen molar-refractivity contribution in [2.24, 2.45) is 0 Å². The second-order valence-corrected chi connectivity index (χ2v) is 5.53. The van der Waals surface area contributed by atoms with Crippen molar-refractivity contribution in [3.05, 3.63) is 53.0 Å². The monoisotopic (exact) mass is 335 g/mol. The summed E-state index contributed by atoms with van der Waals surface area (Å²) >= 11 is 6.17. The highest BCUT2D eigenvalue weighted by molar-refractivity contribution is 6.32. The smallest absolute Gasteiger partial charge is 0.179 e. The van der Waals surface area contributed by atoms with E-state index in [0.29, 0.717) is 48.4 Å². The van der Waals surface area contributed by atoms with Crippen LogP contribution in [0.2, 0.25) is 5.02 Å². The molecule has 1 aliphatic rings. The van der Waals surface area contributed by atoms with Gasteiger partial charge >= 0.3 is 0 Å². The molecule has 2 N–H and O–H groups in total. The lowest BCUT2D eigenvalue weighted by atomic mass is 10.1. The second kappa shape index (κ2) is 7.55. The van der Waals surface area contributed by atoms with Gasteiger partial charge < -0.3 is 24.3 Å². The molecule has 1 aromatic carbocycles. The molecule has 0 bridgehead atoms. The van der Waals surface area contributed by atoms with Crippen LogP contribution in [-0.4, -0.2) is 31.4 Å². The highest BCUT2D eigenvalue weighted by Crippen LogP contribution is 2.39. The summed E-state index contributed by atoms with van der Waals surface area (Å²) in [4.78, 5) is 0. The molecule has 0 aliphatic carbocycles. The van der Waals surface area contributed by atoms with Crippen molar-refractivity contribution in [2.45, 2.75) is 6.10 Å². The first-order valence-electron chi connectivity index (χ1n) is 7.42. The number of rotatable bonds is 6. The number of benzene rings is 1. The topological polar surface area (TPSA) is 63.9 Å². The van der Waals surface area contributed by atoms with E-state index in [1.165, 1.54) is 0 Å². The summed E-state index contributed by atoms with van der Waals surface area (Å²) in [5, 5.41) is 13.9. The van der Waals surface area contributed by atoms with E-state index >= 15 is 0 Å². The first kappa shape index (κ1) is 15.9. The highest BCUT2D eigenvalue weighted by atomic mass is 35.5. The van der Waals surface area contributed by atoms with Crippen LogP contribution in [0.4, 0.5) is 0 Å². The van der Waals surface area contributed by atoms with E-state index in [9.17, 15) is 5.11 Å². The van der Waals surface area contributed by atoms with E-state index in [4.69, 9.17) is 25.5 Å². The van der Waals surface area contributed by atoms with Crippen molar-refractivity contribution in [1.82, 2.24) is 5.32 Å². The number of nitrogens with one attached hydrogen (secondary N) is 1. The first-order chi connectivity index (χ1) is 11.2. The molecule has 0 spiro atoms. The van der Waals surface area contributed by atoms with Gasteiger partial charge in [0.1, 0.15) is 19.0 Å². The third-order valence-electron chi connectivity index (χ3n) is 3.43. The van der Waals surface area contributed by atoms with Gasteiger partial charge in [-0.2, -0.15) is 0 Å². The van der Waals surface area contributed by atoms with Crippen molar-refractivity contribution < 1.29 is 19.0 Å². The van der Waals surface area contributed by atoms with Crippen LogP contribution in [-0.2, 0) is 0 Å². The Kier molecular flexibility index (Phi) is 5.23. The second-order valence-electron chi connectivity index (χ2n) is 5.12. The number of aliphatic hydroxyl groups is 1. The molecule has 23 heavy (non-hydrogen) atoms. The fourth-order valence-electron chi connectivity index (χ4n) is 2.31. The Morgan fingerprint density at radius 2 is 2.17 bits per heavy atom. The van der Waals surface area contributed by atoms with E-state index in [0.717, 1.165) is 5.76 Å². The van der Waals surface area contributed by atoms with Gasteiger partial charge in [0.05, 0.1) is 17.4 Å². The van der Waals surface area contributed by atoms with Gasteiger partial charge in [-0.3, -0.25) is 0 Å². The predicted octanol–water partition coefficient (Wildman–Crippen LogP) is 3.04. The van der Waals surface area contributed by atoms with Crippen molar-refractivity contribution in [3.63, 3.8) is 0 Å². The fourth-order valence-corrected chi connectivity index (χ4v) is 2.58. The summed E-state index contributed by atoms with van der Waals surface area (Å²) in [5.41, 5.74) is 0.696. The number of ether oxygens (including phenoxy) is 2. The number of fused-ring (bicyclic) bond motifs is 1. The van der Waals surface area contributed by atoms with Crippen LogP contribution < -0.4 is 14.8 Å². The largest absolute Gasteiger partial charge is 0.486 e. The van der Waals surface area contributed by atoms with E-state index in [-0.39, 0.29) is 0 Å². The zero-order chi connectivity index (χ0) is 16.1. The summed E-state index contributed by atoms with van der Waals surface area (Å²) < 4.78 is 16.2. The van der Waals surface area contributed by atoms with Gasteiger partial charge in [-0.15, -0.1) is 0 Å². The number of furan rings is 1. The van der Waals surface area contributed by atoms with Crippen LogP contribution >= 0.6 is 11.6 Å². The Hall–Kier alpha value is -1.95. The molecule has 2 aromatic rings. The standard InChI is InChI=1S/C17H18ClNO4/c18-14-9-12(10-16-17(14)23-8-7-22-16)15(20)11-19-5-1-3-13-4-2-6-21-13/h1-4,6,9-10,15,19-20H,5,7-8,11H2/b3-1+. The third kappa shape index (κ3) is 4.07. The molecule has 0 amide bonds. The SMILES string of the molecule is OC(CNC/C=C/c1ccco1)c1cc(Cl)c2c(c1)OCCO2. The van der Waals surface area contributed by atoms with Crippen LogP contribution in [0.15, 0.2) is 41.0 Å². The maximum absolute atomic E-state index is 10.3. The average molecular weight is 336 g/mol. The van der Waals surface area contributed by atoms with Crippen LogP contribution in [0.1, 0.15) is 17.4 Å². The Morgan fingerprint density at radius 1 is 1.30 bits per heavy atom. The molecular weight excluding hydrogens is 318 g/mol. The molecule has 0 fully saturated rings. The lowest BCUT2D eigenvalue weighted by molar-refractivity contribution is 0.164. The van der Waals surface area contributed by atoms with Gasteiger partial charge in [-0.25, -0.2) is 0 Å². The van der Waals surface area contributed by atoms with Crippen LogP contribution in [0.5, 0.6) is 11.5 Å². The Balaban J connectivity index is 1.54. The summed E-state index contributed by atoms with van der Waals surface area (Å²) in [6.45, 7) is 1.99. The lowest BCUT2D eigenvalue weighted by Gasteiger charge is -2.21. The molecule has 1 unspecified atom stereocenters. The van der Waals surface area contributed by atoms with E-state index in [1.807, 2.05) is 24.3 Å². The zero-order valence-electron chi connectivity index (χ0n) is 12.5. The Bertz CT molecular complexity index is 669. The lowest BCUT2D eigenvalue weighted by Crippen LogP contribution is -2.22. The molecule has 1 aromatic heterocycles. The fraction of sp³-hybridized carbons (Fsp3) is 0.294. The molecule has 5 nitrogen and oxygen atoms in total. The van der Waals surface area contributed by atoms with Gasteiger partial charge in [0.2, 0.25) is 0 Å². The first-order valence-corrected chi connectivity index (χ1v) is 7.79. The molecular formula is C17H18ClNO4. The van der Waals surface area contributed by atoms with Crippen LogP contribution in [0.25, 0.3) is 6.08 Å². The minimum Gasteiger partial charge on any atom is -0.486 e. The Labute approximate surface area is 139 Å². The number of hydrogen-bond donors (Lipinski definition) is 2. The summed E-state index contributed by atoms with van der Waals surface area (Å²) in [7, 11) is 0. The molecule has 0 saturated heterocycles. The van der Waals surface area contributed by atoms with Crippen molar-refractivity contribution >= 4 is 17.7 Å².